The molecule has 0 amide bonds. The van der Waals surface area contributed by atoms with Crippen molar-refractivity contribution in [3.63, 3.8) is 0 Å². The van der Waals surface area contributed by atoms with Crippen molar-refractivity contribution < 1.29 is 51.2 Å². The number of phosphoric ester groups is 1. The van der Waals surface area contributed by atoms with Crippen molar-refractivity contribution in [1.29, 1.82) is 0 Å². The van der Waals surface area contributed by atoms with Crippen LogP contribution in [0, 0.1) is 0 Å². The Morgan fingerprint density at radius 3 is 2.41 bits per heavy atom. The van der Waals surface area contributed by atoms with Crippen molar-refractivity contribution in [3.05, 3.63) is 33.1 Å². The molecular formula is C10H16ClN2O13P3. The van der Waals surface area contributed by atoms with Crippen LogP contribution in [0.3, 0.4) is 0 Å². The smallest absolute Gasteiger partial charge is 0.350 e. The number of hydrogen-bond acceptors (Lipinski definition) is 9. The topological polar surface area (TPSA) is 224 Å². The van der Waals surface area contributed by atoms with Crippen LogP contribution in [0.5, 0.6) is 0 Å². The van der Waals surface area contributed by atoms with E-state index in [-0.39, 0.29) is 6.42 Å². The molecule has 1 aromatic rings. The number of H-pyrrole nitrogens is 1. The normalized spacial score (nSPS) is 29.3. The van der Waals surface area contributed by atoms with Crippen LogP contribution in [0.25, 0.3) is 0 Å². The molecule has 1 aliphatic heterocycles. The molecular weight excluding hydrogens is 484 g/mol. The summed E-state index contributed by atoms with van der Waals surface area (Å²) in [5, 5.41) is 0. The van der Waals surface area contributed by atoms with Crippen LogP contribution >= 0.6 is 35.1 Å². The summed E-state index contributed by atoms with van der Waals surface area (Å²) < 4.78 is 51.7. The summed E-state index contributed by atoms with van der Waals surface area (Å²) in [6, 6.07) is 1.05. The highest BCUT2D eigenvalue weighted by molar-refractivity contribution is 7.66. The number of aromatic nitrogens is 2. The van der Waals surface area contributed by atoms with Crippen molar-refractivity contribution in [3.8, 4) is 0 Å². The molecule has 0 saturated carbocycles. The molecule has 1 aliphatic rings. The fourth-order valence-corrected chi connectivity index (χ4v) is 5.84. The number of nitrogens with one attached hydrogen (secondary N) is 1. The van der Waals surface area contributed by atoms with Crippen LogP contribution in [0.1, 0.15) is 19.6 Å². The van der Waals surface area contributed by atoms with Gasteiger partial charge in [0.2, 0.25) is 0 Å². The molecule has 2 rings (SSSR count). The van der Waals surface area contributed by atoms with E-state index >= 15 is 0 Å². The van der Waals surface area contributed by atoms with E-state index in [1.54, 1.807) is 0 Å². The molecule has 0 aromatic carbocycles. The van der Waals surface area contributed by atoms with Gasteiger partial charge in [-0.05, 0) is 13.3 Å². The lowest BCUT2D eigenvalue weighted by molar-refractivity contribution is -0.0301. The third-order valence-electron chi connectivity index (χ3n) is 3.41. The maximum atomic E-state index is 11.9. The Kier molecular flexibility index (Phi) is 7.18. The molecule has 0 radical (unpaired) electrons. The zero-order valence-electron chi connectivity index (χ0n) is 14.4. The zero-order chi connectivity index (χ0) is 22.3. The third-order valence-corrected chi connectivity index (χ3v) is 7.55. The average molecular weight is 501 g/mol. The highest BCUT2D eigenvalue weighted by atomic mass is 35.5. The van der Waals surface area contributed by atoms with E-state index in [1.807, 2.05) is 4.98 Å². The van der Waals surface area contributed by atoms with Crippen LogP contribution in [0.4, 0.5) is 0 Å². The summed E-state index contributed by atoms with van der Waals surface area (Å²) >= 11 is 6.32. The molecule has 2 heterocycles. The summed E-state index contributed by atoms with van der Waals surface area (Å²) in [5.74, 6) is 0. The van der Waals surface area contributed by atoms with E-state index < -0.39 is 58.5 Å². The van der Waals surface area contributed by atoms with Gasteiger partial charge in [-0.15, -0.1) is 11.6 Å². The molecule has 2 unspecified atom stereocenters. The second kappa shape index (κ2) is 8.46. The van der Waals surface area contributed by atoms with Crippen LogP contribution < -0.4 is 11.2 Å². The van der Waals surface area contributed by atoms with Gasteiger partial charge in [0.25, 0.3) is 5.56 Å². The van der Waals surface area contributed by atoms with Crippen molar-refractivity contribution in [2.24, 2.45) is 0 Å². The number of hydrogen-bond donors (Lipinski definition) is 5. The van der Waals surface area contributed by atoms with Gasteiger partial charge in [0.05, 0.1) is 17.6 Å². The SMILES string of the molecule is C[C@@]1(Cl)C[C@@H](COP(=O)(O)OP(=O)(O)OP(=O)(O)O)O[C@H]1n1ccc(=O)[nH]c1=O. The van der Waals surface area contributed by atoms with E-state index in [1.165, 1.54) is 6.92 Å². The molecule has 1 fully saturated rings. The number of aromatic amines is 1. The Morgan fingerprint density at radius 1 is 1.24 bits per heavy atom. The van der Waals surface area contributed by atoms with Crippen LogP contribution in [-0.4, -0.2) is 46.7 Å². The Bertz CT molecular complexity index is 1010. The molecule has 0 aliphatic carbocycles. The van der Waals surface area contributed by atoms with Gasteiger partial charge in [-0.1, -0.05) is 0 Å². The fraction of sp³-hybridized carbons (Fsp3) is 0.600. The first-order valence-corrected chi connectivity index (χ1v) is 12.3. The van der Waals surface area contributed by atoms with Gasteiger partial charge in [0.1, 0.15) is 0 Å². The molecule has 5 N–H and O–H groups in total. The monoisotopic (exact) mass is 500 g/mol. The molecule has 1 aromatic heterocycles. The number of ether oxygens (including phenoxy) is 1. The van der Waals surface area contributed by atoms with Crippen LogP contribution in [0.15, 0.2) is 21.9 Å². The van der Waals surface area contributed by atoms with Gasteiger partial charge in [-0.3, -0.25) is 18.9 Å². The number of phosphoric acid groups is 3. The Balaban J connectivity index is 2.05. The molecule has 0 bridgehead atoms. The molecule has 15 nitrogen and oxygen atoms in total. The minimum absolute atomic E-state index is 0.0272. The number of rotatable bonds is 8. The minimum atomic E-state index is -5.64. The predicted molar refractivity (Wildman–Crippen MR) is 93.9 cm³/mol. The quantitative estimate of drug-likeness (QED) is 0.237. The Hall–Kier alpha value is -0.660. The van der Waals surface area contributed by atoms with E-state index in [9.17, 15) is 28.2 Å². The summed E-state index contributed by atoms with van der Waals surface area (Å²) in [4.78, 5) is 59.3. The molecule has 29 heavy (non-hydrogen) atoms. The first-order chi connectivity index (χ1) is 13.0. The van der Waals surface area contributed by atoms with Crippen LogP contribution in [-0.2, 0) is 31.6 Å². The minimum Gasteiger partial charge on any atom is -0.350 e. The molecule has 166 valence electrons. The summed E-state index contributed by atoms with van der Waals surface area (Å²) in [6.07, 6.45) is -1.01. The first kappa shape index (κ1) is 24.6. The lowest BCUT2D eigenvalue weighted by atomic mass is 10.1. The van der Waals surface area contributed by atoms with E-state index in [2.05, 4.69) is 13.1 Å². The van der Waals surface area contributed by atoms with Crippen molar-refractivity contribution in [2.45, 2.75) is 30.6 Å². The number of halogens is 1. The lowest BCUT2D eigenvalue weighted by Crippen LogP contribution is -2.37. The van der Waals surface area contributed by atoms with Crippen molar-refractivity contribution in [2.75, 3.05) is 6.61 Å². The Labute approximate surface area is 166 Å². The van der Waals surface area contributed by atoms with Gasteiger partial charge in [-0.2, -0.15) is 8.62 Å². The van der Waals surface area contributed by atoms with Gasteiger partial charge < -0.3 is 24.3 Å². The van der Waals surface area contributed by atoms with Crippen molar-refractivity contribution >= 4 is 35.1 Å². The highest BCUT2D eigenvalue weighted by Crippen LogP contribution is 2.66. The van der Waals surface area contributed by atoms with Crippen molar-refractivity contribution in [1.82, 2.24) is 9.55 Å². The summed E-state index contributed by atoms with van der Waals surface area (Å²) in [6.45, 7) is 0.766. The Morgan fingerprint density at radius 2 is 1.86 bits per heavy atom. The number of alkyl halides is 1. The lowest BCUT2D eigenvalue weighted by Gasteiger charge is -2.24. The second-order valence-electron chi connectivity index (χ2n) is 6.00. The largest absolute Gasteiger partial charge is 0.490 e. The first-order valence-electron chi connectivity index (χ1n) is 7.44. The predicted octanol–water partition coefficient (Wildman–Crippen LogP) is 0.165. The van der Waals surface area contributed by atoms with E-state index in [0.29, 0.717) is 0 Å². The molecule has 1 saturated heterocycles. The van der Waals surface area contributed by atoms with E-state index in [0.717, 1.165) is 16.8 Å². The summed E-state index contributed by atoms with van der Waals surface area (Å²) in [5.41, 5.74) is -1.47. The number of nitrogens with zero attached hydrogens (tertiary/aromatic N) is 1. The molecule has 19 heteroatoms. The third kappa shape index (κ3) is 7.21. The average Bonchev–Trinajstić information content (AvgIpc) is 2.76. The molecule has 5 atom stereocenters. The summed E-state index contributed by atoms with van der Waals surface area (Å²) in [7, 11) is -16.5. The zero-order valence-corrected chi connectivity index (χ0v) is 17.8. The van der Waals surface area contributed by atoms with Gasteiger partial charge >= 0.3 is 29.2 Å². The fourth-order valence-electron chi connectivity index (χ4n) is 2.46. The van der Waals surface area contributed by atoms with Gasteiger partial charge in [-0.25, -0.2) is 18.5 Å². The maximum absolute atomic E-state index is 11.9. The van der Waals surface area contributed by atoms with Gasteiger partial charge in [0.15, 0.2) is 6.23 Å². The van der Waals surface area contributed by atoms with E-state index in [4.69, 9.17) is 31.0 Å². The second-order valence-corrected chi connectivity index (χ2v) is 11.3. The van der Waals surface area contributed by atoms with Crippen LogP contribution in [0.2, 0.25) is 0 Å². The van der Waals surface area contributed by atoms with Gasteiger partial charge in [0, 0.05) is 12.3 Å². The highest BCUT2D eigenvalue weighted by Gasteiger charge is 2.47. The molecule has 0 spiro atoms. The maximum Gasteiger partial charge on any atom is 0.490 e. The standard InChI is InChI=1S/C10H16ClN2O13P3/c1-10(11)4-6(24-8(10)13-3-2-7(14)12-9(13)15)5-23-28(19,20)26-29(21,22)25-27(16,17)18/h2-3,6,8H,4-5H2,1H3,(H,19,20)(H,21,22)(H,12,14,15)(H2,16,17,18)/t6-,8+,10+/m0/s1.